The van der Waals surface area contributed by atoms with Crippen LogP contribution < -0.4 is 0 Å². The van der Waals surface area contributed by atoms with E-state index < -0.39 is 5.92 Å². The van der Waals surface area contributed by atoms with E-state index in [0.717, 1.165) is 13.0 Å². The first-order chi connectivity index (χ1) is 7.77. The van der Waals surface area contributed by atoms with Crippen LogP contribution in [0.4, 0.5) is 8.78 Å². The van der Waals surface area contributed by atoms with Crippen LogP contribution in [0.5, 0.6) is 5.75 Å². The van der Waals surface area contributed by atoms with E-state index in [2.05, 4.69) is 4.99 Å². The molecule has 1 aromatic carbocycles. The summed E-state index contributed by atoms with van der Waals surface area (Å²) < 4.78 is 26.1. The molecule has 0 aliphatic rings. The standard InChI is InChI=1S/C13H17F2NO/c1-8(2)12(16-4)10-6-5-9(7-11(10)17)13(3,14)15/h5-8,17H,1-4H3. The van der Waals surface area contributed by atoms with Crippen LogP contribution in [-0.4, -0.2) is 17.9 Å². The lowest BCUT2D eigenvalue weighted by atomic mass is 9.96. The van der Waals surface area contributed by atoms with Crippen molar-refractivity contribution in [2.75, 3.05) is 7.05 Å². The largest absolute Gasteiger partial charge is 0.507 e. The Kier molecular flexibility index (Phi) is 3.86. The minimum Gasteiger partial charge on any atom is -0.507 e. The molecule has 0 radical (unpaired) electrons. The lowest BCUT2D eigenvalue weighted by molar-refractivity contribution is 0.0172. The number of benzene rings is 1. The fourth-order valence-electron chi connectivity index (χ4n) is 1.71. The van der Waals surface area contributed by atoms with Crippen LogP contribution in [0.1, 0.15) is 31.9 Å². The van der Waals surface area contributed by atoms with Crippen molar-refractivity contribution in [3.8, 4) is 5.75 Å². The summed E-state index contributed by atoms with van der Waals surface area (Å²) in [6.07, 6.45) is 0. The second-order valence-corrected chi connectivity index (χ2v) is 4.38. The predicted octanol–water partition coefficient (Wildman–Crippen LogP) is 3.58. The van der Waals surface area contributed by atoms with Gasteiger partial charge >= 0.3 is 0 Å². The van der Waals surface area contributed by atoms with Gasteiger partial charge in [-0.15, -0.1) is 0 Å². The van der Waals surface area contributed by atoms with Crippen molar-refractivity contribution < 1.29 is 13.9 Å². The van der Waals surface area contributed by atoms with Gasteiger partial charge in [0.2, 0.25) is 0 Å². The fourth-order valence-corrected chi connectivity index (χ4v) is 1.71. The summed E-state index contributed by atoms with van der Waals surface area (Å²) in [7, 11) is 1.62. The minimum absolute atomic E-state index is 0.124. The first kappa shape index (κ1) is 13.6. The van der Waals surface area contributed by atoms with Gasteiger partial charge in [-0.25, -0.2) is 8.78 Å². The molecule has 0 aromatic heterocycles. The van der Waals surface area contributed by atoms with Crippen molar-refractivity contribution in [3.63, 3.8) is 0 Å². The zero-order valence-electron chi connectivity index (χ0n) is 10.5. The van der Waals surface area contributed by atoms with E-state index in [-0.39, 0.29) is 17.2 Å². The van der Waals surface area contributed by atoms with Gasteiger partial charge < -0.3 is 5.11 Å². The molecule has 0 unspecified atom stereocenters. The molecule has 0 atom stereocenters. The highest BCUT2D eigenvalue weighted by Gasteiger charge is 2.25. The number of hydrogen-bond acceptors (Lipinski definition) is 2. The van der Waals surface area contributed by atoms with Crippen LogP contribution in [0.15, 0.2) is 23.2 Å². The molecule has 0 amide bonds. The van der Waals surface area contributed by atoms with Gasteiger partial charge in [0.15, 0.2) is 0 Å². The molecule has 0 saturated carbocycles. The smallest absolute Gasteiger partial charge is 0.270 e. The summed E-state index contributed by atoms with van der Waals surface area (Å²) in [6, 6.07) is 3.91. The van der Waals surface area contributed by atoms with Gasteiger partial charge in [0.25, 0.3) is 5.92 Å². The summed E-state index contributed by atoms with van der Waals surface area (Å²) in [6.45, 7) is 4.67. The highest BCUT2D eigenvalue weighted by Crippen LogP contribution is 2.31. The Morgan fingerprint density at radius 3 is 2.29 bits per heavy atom. The number of aromatic hydroxyl groups is 1. The first-order valence-electron chi connectivity index (χ1n) is 5.45. The van der Waals surface area contributed by atoms with Crippen molar-refractivity contribution in [1.29, 1.82) is 0 Å². The van der Waals surface area contributed by atoms with E-state index in [1.54, 1.807) is 7.05 Å². The number of alkyl halides is 2. The van der Waals surface area contributed by atoms with E-state index >= 15 is 0 Å². The van der Waals surface area contributed by atoms with E-state index in [9.17, 15) is 13.9 Å². The summed E-state index contributed by atoms with van der Waals surface area (Å²) in [5.74, 6) is -2.98. The number of aliphatic imine (C=N–C) groups is 1. The van der Waals surface area contributed by atoms with Gasteiger partial charge in [0.05, 0.1) is 0 Å². The number of halogens is 2. The second-order valence-electron chi connectivity index (χ2n) is 4.38. The predicted molar refractivity (Wildman–Crippen MR) is 65.0 cm³/mol. The molecule has 94 valence electrons. The van der Waals surface area contributed by atoms with E-state index in [4.69, 9.17) is 0 Å². The highest BCUT2D eigenvalue weighted by atomic mass is 19.3. The molecular weight excluding hydrogens is 224 g/mol. The molecule has 0 fully saturated rings. The van der Waals surface area contributed by atoms with Gasteiger partial charge in [-0.3, -0.25) is 4.99 Å². The number of phenols is 1. The monoisotopic (exact) mass is 241 g/mol. The number of hydrogen-bond donors (Lipinski definition) is 1. The average molecular weight is 241 g/mol. The van der Waals surface area contributed by atoms with Crippen LogP contribution in [0.3, 0.4) is 0 Å². The zero-order chi connectivity index (χ0) is 13.2. The Morgan fingerprint density at radius 2 is 1.94 bits per heavy atom. The summed E-state index contributed by atoms with van der Waals surface area (Å²) >= 11 is 0. The van der Waals surface area contributed by atoms with Crippen molar-refractivity contribution in [1.82, 2.24) is 0 Å². The number of rotatable bonds is 3. The van der Waals surface area contributed by atoms with Gasteiger partial charge in [-0.2, -0.15) is 0 Å². The van der Waals surface area contributed by atoms with E-state index in [0.29, 0.717) is 11.3 Å². The molecule has 0 spiro atoms. The Hall–Kier alpha value is -1.45. The average Bonchev–Trinajstić information content (AvgIpc) is 2.19. The van der Waals surface area contributed by atoms with Crippen LogP contribution in [0.2, 0.25) is 0 Å². The molecule has 1 N–H and O–H groups in total. The lowest BCUT2D eigenvalue weighted by Crippen LogP contribution is -2.11. The molecule has 0 aliphatic heterocycles. The van der Waals surface area contributed by atoms with Crippen molar-refractivity contribution >= 4 is 5.71 Å². The zero-order valence-corrected chi connectivity index (χ0v) is 10.5. The Balaban J connectivity index is 3.23. The number of phenolic OH excluding ortho intramolecular Hbond substituents is 1. The molecule has 0 aliphatic carbocycles. The van der Waals surface area contributed by atoms with E-state index in [1.165, 1.54) is 12.1 Å². The molecule has 4 heteroatoms. The molecule has 0 heterocycles. The Labute approximate surface area is 100 Å². The Bertz CT molecular complexity index is 434. The van der Waals surface area contributed by atoms with Crippen molar-refractivity contribution in [2.45, 2.75) is 26.7 Å². The van der Waals surface area contributed by atoms with E-state index in [1.807, 2.05) is 13.8 Å². The molecule has 0 bridgehead atoms. The minimum atomic E-state index is -2.95. The summed E-state index contributed by atoms with van der Waals surface area (Å²) in [4.78, 5) is 4.08. The van der Waals surface area contributed by atoms with Gasteiger partial charge in [-0.05, 0) is 18.1 Å². The highest BCUT2D eigenvalue weighted by molar-refractivity contribution is 6.04. The SMILES string of the molecule is CN=C(c1ccc(C(C)(F)F)cc1O)C(C)C. The Morgan fingerprint density at radius 1 is 1.35 bits per heavy atom. The lowest BCUT2D eigenvalue weighted by Gasteiger charge is -2.15. The number of nitrogens with zero attached hydrogens (tertiary/aromatic N) is 1. The quantitative estimate of drug-likeness (QED) is 0.806. The van der Waals surface area contributed by atoms with Gasteiger partial charge in [-0.1, -0.05) is 19.9 Å². The van der Waals surface area contributed by atoms with Gasteiger partial charge in [0.1, 0.15) is 5.75 Å². The molecule has 2 nitrogen and oxygen atoms in total. The molecule has 17 heavy (non-hydrogen) atoms. The van der Waals surface area contributed by atoms with Crippen LogP contribution in [0.25, 0.3) is 0 Å². The molecule has 1 rings (SSSR count). The van der Waals surface area contributed by atoms with Gasteiger partial charge in [0, 0.05) is 30.8 Å². The molecule has 0 saturated heterocycles. The second kappa shape index (κ2) is 4.82. The topological polar surface area (TPSA) is 32.6 Å². The molecular formula is C13H17F2NO. The fraction of sp³-hybridized carbons (Fsp3) is 0.462. The molecule has 1 aromatic rings. The summed E-state index contributed by atoms with van der Waals surface area (Å²) in [5.41, 5.74) is 1.02. The normalized spacial score (nSPS) is 13.2. The first-order valence-corrected chi connectivity index (χ1v) is 5.45. The third-order valence-corrected chi connectivity index (χ3v) is 2.57. The maximum absolute atomic E-state index is 13.1. The van der Waals surface area contributed by atoms with Crippen molar-refractivity contribution in [2.24, 2.45) is 10.9 Å². The maximum Gasteiger partial charge on any atom is 0.270 e. The van der Waals surface area contributed by atoms with Crippen LogP contribution in [-0.2, 0) is 5.92 Å². The van der Waals surface area contributed by atoms with Crippen molar-refractivity contribution in [3.05, 3.63) is 29.3 Å². The third-order valence-electron chi connectivity index (χ3n) is 2.57. The van der Waals surface area contributed by atoms with Crippen LogP contribution in [0, 0.1) is 5.92 Å². The maximum atomic E-state index is 13.1. The third kappa shape index (κ3) is 3.02. The summed E-state index contributed by atoms with van der Waals surface area (Å²) in [5, 5.41) is 9.79. The van der Waals surface area contributed by atoms with Crippen LogP contribution >= 0.6 is 0 Å².